The van der Waals surface area contributed by atoms with E-state index < -0.39 is 0 Å². The van der Waals surface area contributed by atoms with Gasteiger partial charge in [-0.3, -0.25) is 0 Å². The second-order valence-electron chi connectivity index (χ2n) is 11.9. The van der Waals surface area contributed by atoms with Crippen molar-refractivity contribution in [2.45, 2.75) is 6.61 Å². The fourth-order valence-corrected chi connectivity index (χ4v) is 6.76. The minimum Gasteiger partial charge on any atom is -0.497 e. The van der Waals surface area contributed by atoms with Gasteiger partial charge in [-0.15, -0.1) is 0 Å². The van der Waals surface area contributed by atoms with Crippen molar-refractivity contribution in [2.24, 2.45) is 0 Å². The molecule has 8 rings (SSSR count). The van der Waals surface area contributed by atoms with Crippen molar-refractivity contribution in [1.82, 2.24) is 0 Å². The van der Waals surface area contributed by atoms with Gasteiger partial charge in [-0.25, -0.2) is 0 Å². The van der Waals surface area contributed by atoms with Crippen LogP contribution in [0.2, 0.25) is 0 Å². The molecule has 0 atom stereocenters. The van der Waals surface area contributed by atoms with E-state index in [1.807, 2.05) is 24.3 Å². The summed E-state index contributed by atoms with van der Waals surface area (Å²) in [6, 6.07) is 59.6. The second-order valence-corrected chi connectivity index (χ2v) is 11.9. The van der Waals surface area contributed by atoms with Crippen molar-refractivity contribution in [3.05, 3.63) is 175 Å². The number of hydrogen-bond acceptors (Lipinski definition) is 4. The highest BCUT2D eigenvalue weighted by atomic mass is 16.5. The summed E-state index contributed by atoms with van der Waals surface area (Å²) in [7, 11) is 1.70. The van der Waals surface area contributed by atoms with Gasteiger partial charge in [0.05, 0.1) is 25.1 Å². The third-order valence-electron chi connectivity index (χ3n) is 9.02. The van der Waals surface area contributed by atoms with Gasteiger partial charge in [0.25, 0.3) is 0 Å². The van der Waals surface area contributed by atoms with E-state index in [0.29, 0.717) is 0 Å². The van der Waals surface area contributed by atoms with Gasteiger partial charge in [-0.05, 0) is 89.1 Å². The number of rotatable bonds is 8. The molecule has 0 unspecified atom stereocenters. The average Bonchev–Trinajstić information content (AvgIpc) is 3.16. The average molecular weight is 623 g/mol. The van der Waals surface area contributed by atoms with E-state index in [9.17, 15) is 5.11 Å². The molecule has 0 bridgehead atoms. The fourth-order valence-electron chi connectivity index (χ4n) is 6.76. The van der Waals surface area contributed by atoms with Crippen LogP contribution in [0.1, 0.15) is 5.56 Å². The van der Waals surface area contributed by atoms with Gasteiger partial charge in [0.2, 0.25) is 0 Å². The summed E-state index contributed by atoms with van der Waals surface area (Å²) < 4.78 is 5.55. The molecule has 0 amide bonds. The number of methoxy groups -OCH3 is 1. The Kier molecular flexibility index (Phi) is 7.69. The molecule has 8 aromatic carbocycles. The van der Waals surface area contributed by atoms with Crippen LogP contribution in [0.3, 0.4) is 0 Å². The zero-order valence-electron chi connectivity index (χ0n) is 26.6. The van der Waals surface area contributed by atoms with E-state index in [1.165, 1.54) is 0 Å². The van der Waals surface area contributed by atoms with Crippen LogP contribution in [0.15, 0.2) is 170 Å². The van der Waals surface area contributed by atoms with Gasteiger partial charge in [-0.1, -0.05) is 97.1 Å². The maximum Gasteiger partial charge on any atom is 0.119 e. The lowest BCUT2D eigenvalue weighted by molar-refractivity contribution is 0.282. The van der Waals surface area contributed by atoms with Gasteiger partial charge >= 0.3 is 0 Å². The number of hydrogen-bond donors (Lipinski definition) is 1. The highest BCUT2D eigenvalue weighted by Crippen LogP contribution is 2.50. The Morgan fingerprint density at radius 2 is 0.833 bits per heavy atom. The predicted molar refractivity (Wildman–Crippen MR) is 201 cm³/mol. The molecule has 8 aromatic rings. The van der Waals surface area contributed by atoms with E-state index >= 15 is 0 Å². The lowest BCUT2D eigenvalue weighted by Gasteiger charge is -2.32. The molecule has 4 nitrogen and oxygen atoms in total. The number of para-hydroxylation sites is 2. The number of aliphatic hydroxyl groups excluding tert-OH is 1. The third kappa shape index (κ3) is 5.19. The number of anilines is 6. The molecule has 48 heavy (non-hydrogen) atoms. The largest absolute Gasteiger partial charge is 0.497 e. The van der Waals surface area contributed by atoms with Gasteiger partial charge in [-0.2, -0.15) is 0 Å². The standard InChI is InChI=1S/C44H34N2O2/c1-48-38-26-24-37(25-27-38)46(35-16-6-3-7-17-35)44-40-19-11-9-13-33(40)28-41-42(44)29-32-12-8-10-18-39(32)43(41)45(34-14-4-2-5-15-34)36-22-20-31(30-47)21-23-36/h2-29,47H,30H2,1H3. The summed E-state index contributed by atoms with van der Waals surface area (Å²) in [6.45, 7) is -0.00115. The van der Waals surface area contributed by atoms with Crippen LogP contribution in [-0.2, 0) is 6.61 Å². The van der Waals surface area contributed by atoms with Crippen LogP contribution in [-0.4, -0.2) is 12.2 Å². The zero-order valence-corrected chi connectivity index (χ0v) is 26.6. The molecule has 0 saturated carbocycles. The first-order valence-electron chi connectivity index (χ1n) is 16.1. The van der Waals surface area contributed by atoms with E-state index in [4.69, 9.17) is 4.74 Å². The Morgan fingerprint density at radius 3 is 1.27 bits per heavy atom. The molecule has 0 aliphatic carbocycles. The molecule has 0 aliphatic heterocycles. The Hall–Kier alpha value is -6.10. The zero-order chi connectivity index (χ0) is 32.5. The van der Waals surface area contributed by atoms with Crippen LogP contribution in [0, 0.1) is 0 Å². The Labute approximate surface area is 280 Å². The summed E-state index contributed by atoms with van der Waals surface area (Å²) in [5, 5.41) is 16.7. The Balaban J connectivity index is 1.53. The molecule has 0 spiro atoms. The molecule has 1 N–H and O–H groups in total. The number of benzene rings is 8. The summed E-state index contributed by atoms with van der Waals surface area (Å²) >= 11 is 0. The van der Waals surface area contributed by atoms with Crippen LogP contribution >= 0.6 is 0 Å². The number of fused-ring (bicyclic) bond motifs is 3. The highest BCUT2D eigenvalue weighted by Gasteiger charge is 2.24. The number of aliphatic hydroxyl groups is 1. The van der Waals surface area contributed by atoms with Crippen molar-refractivity contribution in [3.63, 3.8) is 0 Å². The van der Waals surface area contributed by atoms with E-state index in [2.05, 4.69) is 155 Å². The molecule has 0 heterocycles. The normalized spacial score (nSPS) is 11.2. The first-order valence-corrected chi connectivity index (χ1v) is 16.1. The lowest BCUT2D eigenvalue weighted by atomic mass is 9.93. The maximum absolute atomic E-state index is 9.86. The van der Waals surface area contributed by atoms with Crippen LogP contribution in [0.25, 0.3) is 32.3 Å². The predicted octanol–water partition coefficient (Wildman–Crippen LogP) is 11.6. The summed E-state index contributed by atoms with van der Waals surface area (Å²) in [5.74, 6) is 0.813. The first-order chi connectivity index (χ1) is 23.7. The number of nitrogens with zero attached hydrogens (tertiary/aromatic N) is 2. The van der Waals surface area contributed by atoms with E-state index in [1.54, 1.807) is 7.11 Å². The molecular formula is C44H34N2O2. The number of ether oxygens (including phenoxy) is 1. The molecule has 0 saturated heterocycles. The smallest absolute Gasteiger partial charge is 0.119 e. The summed E-state index contributed by atoms with van der Waals surface area (Å²) in [5.41, 5.74) is 7.25. The van der Waals surface area contributed by atoms with Crippen molar-refractivity contribution in [1.29, 1.82) is 0 Å². The fraction of sp³-hybridized carbons (Fsp3) is 0.0455. The van der Waals surface area contributed by atoms with Gasteiger partial charge < -0.3 is 19.6 Å². The molecule has 0 aliphatic rings. The highest BCUT2D eigenvalue weighted by molar-refractivity contribution is 6.23. The van der Waals surface area contributed by atoms with Crippen molar-refractivity contribution in [2.75, 3.05) is 16.9 Å². The Bertz CT molecular complexity index is 2180. The lowest BCUT2D eigenvalue weighted by Crippen LogP contribution is -2.13. The maximum atomic E-state index is 9.86. The minimum absolute atomic E-state index is 0.00115. The molecule has 4 heteroatoms. The van der Waals surface area contributed by atoms with Crippen LogP contribution in [0.5, 0.6) is 5.75 Å². The molecule has 0 aromatic heterocycles. The van der Waals surface area contributed by atoms with Crippen molar-refractivity contribution in [3.8, 4) is 5.75 Å². The van der Waals surface area contributed by atoms with Gasteiger partial charge in [0.1, 0.15) is 5.75 Å². The topological polar surface area (TPSA) is 35.9 Å². The Morgan fingerprint density at radius 1 is 0.438 bits per heavy atom. The van der Waals surface area contributed by atoms with E-state index in [0.717, 1.165) is 77.8 Å². The van der Waals surface area contributed by atoms with Crippen molar-refractivity contribution >= 4 is 66.4 Å². The van der Waals surface area contributed by atoms with Crippen LogP contribution in [0.4, 0.5) is 34.1 Å². The van der Waals surface area contributed by atoms with Gasteiger partial charge in [0, 0.05) is 44.3 Å². The third-order valence-corrected chi connectivity index (χ3v) is 9.02. The molecule has 0 radical (unpaired) electrons. The molecule has 232 valence electrons. The quantitative estimate of drug-likeness (QED) is 0.171. The second kappa shape index (κ2) is 12.6. The first kappa shape index (κ1) is 29.3. The minimum atomic E-state index is -0.00115. The summed E-state index contributed by atoms with van der Waals surface area (Å²) in [4.78, 5) is 4.72. The molecule has 0 fully saturated rings. The van der Waals surface area contributed by atoms with Crippen LogP contribution < -0.4 is 14.5 Å². The molecular weight excluding hydrogens is 588 g/mol. The van der Waals surface area contributed by atoms with E-state index in [-0.39, 0.29) is 6.61 Å². The monoisotopic (exact) mass is 622 g/mol. The van der Waals surface area contributed by atoms with Gasteiger partial charge in [0.15, 0.2) is 0 Å². The SMILES string of the molecule is COc1ccc(N(c2ccccc2)c2c3ccccc3cc3c(N(c4ccccc4)c4ccc(CO)cc4)c4ccccc4cc23)cc1. The van der Waals surface area contributed by atoms with Crippen molar-refractivity contribution < 1.29 is 9.84 Å². The summed E-state index contributed by atoms with van der Waals surface area (Å²) in [6.07, 6.45) is 0.